The number of carbonyl (C=O) groups is 1. The number of nitrogens with one attached hydrogen (secondary N) is 1. The van der Waals surface area contributed by atoms with Crippen molar-refractivity contribution in [3.8, 4) is 0 Å². The molecule has 0 atom stereocenters. The van der Waals surface area contributed by atoms with E-state index in [0.29, 0.717) is 5.69 Å². The topological polar surface area (TPSA) is 45.2 Å². The maximum Gasteiger partial charge on any atom is 0.272 e. The molecular formula is C14H17N3OS. The summed E-state index contributed by atoms with van der Waals surface area (Å²) in [4.78, 5) is 17.4. The average Bonchev–Trinajstić information content (AvgIpc) is 2.81. The molecule has 2 rings (SSSR count). The SMILES string of the molecule is Cc1cscc1CNc1ccnc(C(=O)N(C)C)c1. The molecule has 0 unspecified atom stereocenters. The Bertz CT molecular complexity index is 578. The number of carbonyl (C=O) groups excluding carboxylic acids is 1. The van der Waals surface area contributed by atoms with Crippen LogP contribution in [-0.4, -0.2) is 29.9 Å². The normalized spacial score (nSPS) is 10.3. The molecule has 19 heavy (non-hydrogen) atoms. The van der Waals surface area contributed by atoms with Crippen LogP contribution < -0.4 is 5.32 Å². The molecule has 2 aromatic rings. The summed E-state index contributed by atoms with van der Waals surface area (Å²) in [5.74, 6) is -0.0876. The number of anilines is 1. The van der Waals surface area contributed by atoms with Crippen LogP contribution in [0.1, 0.15) is 21.6 Å². The van der Waals surface area contributed by atoms with Crippen LogP contribution in [0.3, 0.4) is 0 Å². The van der Waals surface area contributed by atoms with Crippen molar-refractivity contribution >= 4 is 22.9 Å². The second kappa shape index (κ2) is 5.84. The van der Waals surface area contributed by atoms with Gasteiger partial charge in [-0.3, -0.25) is 9.78 Å². The molecule has 0 aromatic carbocycles. The van der Waals surface area contributed by atoms with Crippen molar-refractivity contribution in [2.45, 2.75) is 13.5 Å². The number of rotatable bonds is 4. The highest BCUT2D eigenvalue weighted by Crippen LogP contribution is 2.16. The highest BCUT2D eigenvalue weighted by atomic mass is 32.1. The van der Waals surface area contributed by atoms with Crippen molar-refractivity contribution in [3.05, 3.63) is 45.9 Å². The molecule has 4 nitrogen and oxygen atoms in total. The van der Waals surface area contributed by atoms with E-state index >= 15 is 0 Å². The highest BCUT2D eigenvalue weighted by Gasteiger charge is 2.09. The number of hydrogen-bond donors (Lipinski definition) is 1. The number of amides is 1. The summed E-state index contributed by atoms with van der Waals surface area (Å²) >= 11 is 1.70. The summed E-state index contributed by atoms with van der Waals surface area (Å²) in [6.07, 6.45) is 1.65. The molecule has 2 aromatic heterocycles. The third-order valence-corrected chi connectivity index (χ3v) is 3.74. The minimum Gasteiger partial charge on any atom is -0.381 e. The maximum absolute atomic E-state index is 11.8. The first-order chi connectivity index (χ1) is 9.08. The molecule has 1 N–H and O–H groups in total. The summed E-state index contributed by atoms with van der Waals surface area (Å²) < 4.78 is 0. The van der Waals surface area contributed by atoms with Crippen LogP contribution in [0.4, 0.5) is 5.69 Å². The molecule has 0 spiro atoms. The van der Waals surface area contributed by atoms with Crippen LogP contribution >= 0.6 is 11.3 Å². The first-order valence-corrected chi connectivity index (χ1v) is 6.95. The summed E-state index contributed by atoms with van der Waals surface area (Å²) in [6, 6.07) is 3.65. The van der Waals surface area contributed by atoms with Crippen LogP contribution in [0, 0.1) is 6.92 Å². The molecule has 0 saturated carbocycles. The van der Waals surface area contributed by atoms with Crippen LogP contribution in [0.5, 0.6) is 0 Å². The Hall–Kier alpha value is -1.88. The molecule has 0 aliphatic heterocycles. The smallest absolute Gasteiger partial charge is 0.272 e. The second-order valence-electron chi connectivity index (χ2n) is 4.56. The van der Waals surface area contributed by atoms with Crippen LogP contribution in [-0.2, 0) is 6.54 Å². The van der Waals surface area contributed by atoms with E-state index in [-0.39, 0.29) is 5.91 Å². The molecule has 100 valence electrons. The third kappa shape index (κ3) is 3.32. The lowest BCUT2D eigenvalue weighted by Crippen LogP contribution is -2.22. The average molecular weight is 275 g/mol. The van der Waals surface area contributed by atoms with Crippen molar-refractivity contribution in [2.75, 3.05) is 19.4 Å². The van der Waals surface area contributed by atoms with E-state index in [1.165, 1.54) is 16.0 Å². The Morgan fingerprint density at radius 1 is 1.42 bits per heavy atom. The van der Waals surface area contributed by atoms with E-state index in [2.05, 4.69) is 28.0 Å². The molecule has 0 bridgehead atoms. The lowest BCUT2D eigenvalue weighted by atomic mass is 10.2. The largest absolute Gasteiger partial charge is 0.381 e. The van der Waals surface area contributed by atoms with Gasteiger partial charge < -0.3 is 10.2 Å². The van der Waals surface area contributed by atoms with Gasteiger partial charge in [0, 0.05) is 32.5 Å². The number of aryl methyl sites for hydroxylation is 1. The molecule has 0 radical (unpaired) electrons. The first-order valence-electron chi connectivity index (χ1n) is 6.01. The zero-order valence-corrected chi connectivity index (χ0v) is 12.1. The van der Waals surface area contributed by atoms with Crippen molar-refractivity contribution in [1.82, 2.24) is 9.88 Å². The Balaban J connectivity index is 2.07. The number of pyridine rings is 1. The van der Waals surface area contributed by atoms with E-state index in [1.54, 1.807) is 37.7 Å². The van der Waals surface area contributed by atoms with E-state index < -0.39 is 0 Å². The molecule has 0 aliphatic carbocycles. The van der Waals surface area contributed by atoms with Gasteiger partial charge in [0.2, 0.25) is 0 Å². The number of nitrogens with zero attached hydrogens (tertiary/aromatic N) is 2. The van der Waals surface area contributed by atoms with Gasteiger partial charge >= 0.3 is 0 Å². The fraction of sp³-hybridized carbons (Fsp3) is 0.286. The molecule has 0 saturated heterocycles. The Morgan fingerprint density at radius 3 is 2.84 bits per heavy atom. The van der Waals surface area contributed by atoms with Gasteiger partial charge in [-0.2, -0.15) is 11.3 Å². The van der Waals surface area contributed by atoms with Crippen LogP contribution in [0.25, 0.3) is 0 Å². The standard InChI is InChI=1S/C14H17N3OS/c1-10-8-19-9-11(10)7-16-12-4-5-15-13(6-12)14(18)17(2)3/h4-6,8-9H,7H2,1-3H3,(H,15,16). The fourth-order valence-corrected chi connectivity index (χ4v) is 2.51. The zero-order chi connectivity index (χ0) is 13.8. The lowest BCUT2D eigenvalue weighted by Gasteiger charge is -2.11. The van der Waals surface area contributed by atoms with Gasteiger partial charge in [-0.1, -0.05) is 0 Å². The van der Waals surface area contributed by atoms with Gasteiger partial charge in [0.1, 0.15) is 5.69 Å². The van der Waals surface area contributed by atoms with Gasteiger partial charge in [-0.05, 0) is 40.9 Å². The van der Waals surface area contributed by atoms with Gasteiger partial charge in [-0.25, -0.2) is 0 Å². The van der Waals surface area contributed by atoms with Gasteiger partial charge in [0.15, 0.2) is 0 Å². The molecule has 1 amide bonds. The molecule has 0 aliphatic rings. The summed E-state index contributed by atoms with van der Waals surface area (Å²) in [5.41, 5.74) is 3.93. The summed E-state index contributed by atoms with van der Waals surface area (Å²) in [6.45, 7) is 2.86. The number of thiophene rings is 1. The third-order valence-electron chi connectivity index (χ3n) is 2.83. The van der Waals surface area contributed by atoms with E-state index in [9.17, 15) is 4.79 Å². The maximum atomic E-state index is 11.8. The van der Waals surface area contributed by atoms with Crippen LogP contribution in [0.15, 0.2) is 29.1 Å². The predicted molar refractivity (Wildman–Crippen MR) is 78.6 cm³/mol. The molecule has 5 heteroatoms. The molecule has 0 fully saturated rings. The minimum atomic E-state index is -0.0876. The van der Waals surface area contributed by atoms with Gasteiger partial charge in [0.25, 0.3) is 5.91 Å². The Morgan fingerprint density at radius 2 is 2.21 bits per heavy atom. The number of aromatic nitrogens is 1. The van der Waals surface area contributed by atoms with Crippen molar-refractivity contribution in [1.29, 1.82) is 0 Å². The first kappa shape index (κ1) is 13.5. The van der Waals surface area contributed by atoms with Crippen molar-refractivity contribution in [2.24, 2.45) is 0 Å². The van der Waals surface area contributed by atoms with E-state index in [4.69, 9.17) is 0 Å². The van der Waals surface area contributed by atoms with Crippen molar-refractivity contribution in [3.63, 3.8) is 0 Å². The number of hydrogen-bond acceptors (Lipinski definition) is 4. The lowest BCUT2D eigenvalue weighted by molar-refractivity contribution is 0.0822. The highest BCUT2D eigenvalue weighted by molar-refractivity contribution is 7.08. The fourth-order valence-electron chi connectivity index (χ4n) is 1.65. The predicted octanol–water partition coefficient (Wildman–Crippen LogP) is 2.77. The van der Waals surface area contributed by atoms with E-state index in [0.717, 1.165) is 12.2 Å². The van der Waals surface area contributed by atoms with Crippen LogP contribution in [0.2, 0.25) is 0 Å². The zero-order valence-electron chi connectivity index (χ0n) is 11.3. The molecular weight excluding hydrogens is 258 g/mol. The Labute approximate surface area is 117 Å². The monoisotopic (exact) mass is 275 g/mol. The van der Waals surface area contributed by atoms with Crippen molar-refractivity contribution < 1.29 is 4.79 Å². The second-order valence-corrected chi connectivity index (χ2v) is 5.31. The minimum absolute atomic E-state index is 0.0876. The Kier molecular flexibility index (Phi) is 4.16. The van der Waals surface area contributed by atoms with Gasteiger partial charge in [-0.15, -0.1) is 0 Å². The summed E-state index contributed by atoms with van der Waals surface area (Å²) in [5, 5.41) is 7.58. The van der Waals surface area contributed by atoms with Gasteiger partial charge in [0.05, 0.1) is 0 Å². The van der Waals surface area contributed by atoms with E-state index in [1.807, 2.05) is 6.07 Å². The summed E-state index contributed by atoms with van der Waals surface area (Å²) in [7, 11) is 3.44. The quantitative estimate of drug-likeness (QED) is 0.933. The molecule has 2 heterocycles.